The van der Waals surface area contributed by atoms with Crippen LogP contribution in [-0.2, 0) is 28.8 Å². The number of aliphatic carboxylic acids is 3. The number of aliphatic imine (C=N–C) groups is 3. The van der Waals surface area contributed by atoms with Crippen molar-refractivity contribution in [2.75, 3.05) is 36.9 Å². The van der Waals surface area contributed by atoms with Crippen LogP contribution in [0.5, 0.6) is 0 Å². The molecule has 3 amide bonds. The summed E-state index contributed by atoms with van der Waals surface area (Å²) >= 11 is 0. The fourth-order valence-electron chi connectivity index (χ4n) is 6.73. The zero-order valence-corrected chi connectivity index (χ0v) is 44.5. The molecule has 18 N–H and O–H groups in total. The van der Waals surface area contributed by atoms with Gasteiger partial charge in [0.05, 0.1) is 0 Å². The molecule has 0 aromatic carbocycles. The van der Waals surface area contributed by atoms with Gasteiger partial charge in [0.2, 0.25) is 17.7 Å². The number of nitrogens with one attached hydrogen (secondary N) is 3. The molecule has 0 radical (unpaired) electrons. The first kappa shape index (κ1) is 63.7. The summed E-state index contributed by atoms with van der Waals surface area (Å²) < 4.78 is 0. The Bertz CT molecular complexity index is 1590. The first-order valence-electron chi connectivity index (χ1n) is 23.5. The monoisotopic (exact) mass is 1090 g/mol. The number of amides is 3. The van der Waals surface area contributed by atoms with Crippen molar-refractivity contribution in [1.82, 2.24) is 16.0 Å². The van der Waals surface area contributed by atoms with Crippen LogP contribution in [0.15, 0.2) is 15.0 Å². The summed E-state index contributed by atoms with van der Waals surface area (Å²) in [4.78, 5) is 80.4. The van der Waals surface area contributed by atoms with E-state index in [9.17, 15) is 33.9 Å². The largest absolute Gasteiger partial charge is 0.480 e. The second-order valence-electron chi connectivity index (χ2n) is 16.4. The molecule has 0 unspecified atom stereocenters. The lowest BCUT2D eigenvalue weighted by molar-refractivity contribution is -0.142. The predicted octanol–water partition coefficient (Wildman–Crippen LogP) is 3.97. The van der Waals surface area contributed by atoms with Gasteiger partial charge in [0, 0.05) is 71.9 Å². The molecule has 69 heavy (non-hydrogen) atoms. The van der Waals surface area contributed by atoms with Crippen LogP contribution in [0.1, 0.15) is 135 Å². The van der Waals surface area contributed by atoms with Gasteiger partial charge >= 0.3 is 17.9 Å². The Hall–Kier alpha value is -3.27. The van der Waals surface area contributed by atoms with Crippen LogP contribution in [-0.4, -0.2) is 140 Å². The van der Waals surface area contributed by atoms with Crippen molar-refractivity contribution in [3.8, 4) is 0 Å². The van der Waals surface area contributed by atoms with E-state index in [2.05, 4.69) is 30.9 Å². The van der Waals surface area contributed by atoms with Crippen molar-refractivity contribution in [2.45, 2.75) is 169 Å². The SMILES string of the molecule is NC(N)=NCCCC[C@H](NC(=O)CCCC[C@@H]1CCSS1)C(=O)O.NC(N)=NCCC[C@H](NC(=O)CCCC[C@@H]1CCSS1)C(=O)O.NC(N)=NCC[C@H](NC(=O)CCCC[C@@H]1CCSS1)C(=O)O. The van der Waals surface area contributed by atoms with E-state index in [1.54, 1.807) is 0 Å². The van der Waals surface area contributed by atoms with E-state index in [-0.39, 0.29) is 48.6 Å². The number of hydrogen-bond donors (Lipinski definition) is 12. The van der Waals surface area contributed by atoms with Crippen LogP contribution in [0, 0.1) is 0 Å². The van der Waals surface area contributed by atoms with Gasteiger partial charge < -0.3 is 65.7 Å². The average molecular weight is 1090 g/mol. The van der Waals surface area contributed by atoms with Gasteiger partial charge in [-0.3, -0.25) is 29.4 Å². The summed E-state index contributed by atoms with van der Waals surface area (Å²) in [7, 11) is 11.6. The molecule has 3 heterocycles. The summed E-state index contributed by atoms with van der Waals surface area (Å²) in [6.45, 7) is 1.01. The van der Waals surface area contributed by atoms with Gasteiger partial charge in [-0.25, -0.2) is 14.4 Å². The zero-order valence-electron chi connectivity index (χ0n) is 39.6. The van der Waals surface area contributed by atoms with Crippen molar-refractivity contribution < 1.29 is 44.1 Å². The lowest BCUT2D eigenvalue weighted by Gasteiger charge is -2.14. The number of nitrogens with zero attached hydrogens (tertiary/aromatic N) is 3. The number of guanidine groups is 3. The minimum Gasteiger partial charge on any atom is -0.480 e. The van der Waals surface area contributed by atoms with Gasteiger partial charge in [-0.05, 0) is 96.3 Å². The summed E-state index contributed by atoms with van der Waals surface area (Å²) in [5, 5.41) is 37.3. The zero-order chi connectivity index (χ0) is 51.2. The minimum absolute atomic E-state index is 0.0141. The minimum atomic E-state index is -1.07. The molecule has 3 saturated heterocycles. The van der Waals surface area contributed by atoms with Gasteiger partial charge in [-0.2, -0.15) is 0 Å². The van der Waals surface area contributed by atoms with Crippen LogP contribution >= 0.6 is 64.8 Å². The molecular weight excluding hydrogens is 1010 g/mol. The van der Waals surface area contributed by atoms with E-state index in [0.717, 1.165) is 63.0 Å². The van der Waals surface area contributed by atoms with E-state index >= 15 is 0 Å². The van der Waals surface area contributed by atoms with E-state index in [0.29, 0.717) is 75.0 Å². The maximum absolute atomic E-state index is 11.9. The van der Waals surface area contributed by atoms with Gasteiger partial charge in [-0.15, -0.1) is 0 Å². The van der Waals surface area contributed by atoms with Crippen LogP contribution < -0.4 is 50.4 Å². The molecule has 0 saturated carbocycles. The maximum Gasteiger partial charge on any atom is 0.326 e. The van der Waals surface area contributed by atoms with Crippen molar-refractivity contribution in [1.29, 1.82) is 0 Å². The molecule has 3 aliphatic rings. The Kier molecular flexibility index (Phi) is 37.3. The number of nitrogens with two attached hydrogens (primary N) is 6. The number of carbonyl (C=O) groups is 6. The van der Waals surface area contributed by atoms with Crippen LogP contribution in [0.4, 0.5) is 0 Å². The Labute approximate surface area is 430 Å². The smallest absolute Gasteiger partial charge is 0.326 e. The van der Waals surface area contributed by atoms with E-state index in [4.69, 9.17) is 44.6 Å². The maximum atomic E-state index is 11.9. The molecule has 0 aliphatic carbocycles. The molecule has 27 heteroatoms. The number of carboxylic acid groups (broad SMARTS) is 3. The van der Waals surface area contributed by atoms with Gasteiger partial charge in [-0.1, -0.05) is 84.0 Å². The topological polar surface area (TPSA) is 392 Å². The molecule has 0 aromatic rings. The number of rotatable bonds is 33. The highest BCUT2D eigenvalue weighted by molar-refractivity contribution is 8.78. The van der Waals surface area contributed by atoms with Gasteiger partial charge in [0.25, 0.3) is 0 Å². The summed E-state index contributed by atoms with van der Waals surface area (Å²) in [5.74, 6) is -0.115. The predicted molar refractivity (Wildman–Crippen MR) is 289 cm³/mol. The average Bonchev–Trinajstić information content (AvgIpc) is 4.12. The molecule has 3 aliphatic heterocycles. The third-order valence-electron chi connectivity index (χ3n) is 10.5. The Balaban J connectivity index is 0.000000518. The lowest BCUT2D eigenvalue weighted by Crippen LogP contribution is -2.41. The Morgan fingerprint density at radius 3 is 1.07 bits per heavy atom. The standard InChI is InChI=1S/C15H28N4O3S2.C14H26N4O3S2.C13H24N4O3S2/c16-15(17)18-9-4-3-6-12(14(21)22)19-13(20)7-2-1-5-11-8-10-23-24-11;15-14(16)17-8-3-5-11(13(20)21)18-12(19)6-2-1-4-10-7-9-22-23-10;14-13(15)16-7-5-10(12(19)20)17-11(18)4-2-1-3-9-6-8-21-22-9/h11-12H,1-10H2,(H,19,20)(H,21,22)(H4,16,17,18);10-11H,1-9H2,(H,18,19)(H,20,21)(H4,15,16,17);9-10H,1-8H2,(H,17,18)(H,19,20)(H4,14,15,16)/t11-,12+;10-,11+;9-,10+/m111/s1. The van der Waals surface area contributed by atoms with Gasteiger partial charge in [0.15, 0.2) is 17.9 Å². The molecule has 3 rings (SSSR count). The highest BCUT2D eigenvalue weighted by atomic mass is 33.1. The molecule has 21 nitrogen and oxygen atoms in total. The summed E-state index contributed by atoms with van der Waals surface area (Å²) in [6.07, 6.45) is 16.4. The van der Waals surface area contributed by atoms with Crippen molar-refractivity contribution in [2.24, 2.45) is 49.4 Å². The molecular formula is C42H78N12O9S6. The quantitative estimate of drug-likeness (QED) is 0.0191. The van der Waals surface area contributed by atoms with E-state index < -0.39 is 36.0 Å². The molecule has 0 spiro atoms. The van der Waals surface area contributed by atoms with Gasteiger partial charge in [0.1, 0.15) is 18.1 Å². The molecule has 3 fully saturated rings. The first-order valence-corrected chi connectivity index (χ1v) is 30.7. The first-order chi connectivity index (χ1) is 33.0. The summed E-state index contributed by atoms with van der Waals surface area (Å²) in [6, 6.07) is -2.66. The van der Waals surface area contributed by atoms with E-state index in [1.165, 1.54) is 36.5 Å². The third kappa shape index (κ3) is 36.3. The number of carboxylic acids is 3. The molecule has 6 atom stereocenters. The normalized spacial score (nSPS) is 18.3. The van der Waals surface area contributed by atoms with Crippen molar-refractivity contribution >= 4 is 118 Å². The highest BCUT2D eigenvalue weighted by Crippen LogP contribution is 2.41. The van der Waals surface area contributed by atoms with Crippen LogP contribution in [0.2, 0.25) is 0 Å². The second kappa shape index (κ2) is 40.3. The fourth-order valence-corrected chi connectivity index (χ4v) is 15.8. The fraction of sp³-hybridized carbons (Fsp3) is 0.786. The van der Waals surface area contributed by atoms with E-state index in [1.807, 2.05) is 64.8 Å². The number of hydrogen-bond acceptors (Lipinski definition) is 15. The Morgan fingerprint density at radius 2 is 0.754 bits per heavy atom. The lowest BCUT2D eigenvalue weighted by atomic mass is 10.1. The summed E-state index contributed by atoms with van der Waals surface area (Å²) in [5.41, 5.74) is 31.2. The van der Waals surface area contributed by atoms with Crippen LogP contribution in [0.25, 0.3) is 0 Å². The molecule has 396 valence electrons. The van der Waals surface area contributed by atoms with Crippen molar-refractivity contribution in [3.63, 3.8) is 0 Å². The third-order valence-corrected chi connectivity index (χ3v) is 19.5. The number of unbranched alkanes of at least 4 members (excludes halogenated alkanes) is 4. The van der Waals surface area contributed by atoms with Crippen LogP contribution in [0.3, 0.4) is 0 Å². The van der Waals surface area contributed by atoms with Crippen molar-refractivity contribution in [3.05, 3.63) is 0 Å². The highest BCUT2D eigenvalue weighted by Gasteiger charge is 2.23. The molecule has 0 bridgehead atoms. The molecule has 0 aromatic heterocycles. The second-order valence-corrected chi connectivity index (χ2v) is 24.8. The number of carbonyl (C=O) groups excluding carboxylic acids is 3. The Morgan fingerprint density at radius 1 is 0.435 bits per heavy atom.